The van der Waals surface area contributed by atoms with E-state index in [0.29, 0.717) is 5.92 Å². The van der Waals surface area contributed by atoms with Crippen molar-refractivity contribution >= 4 is 0 Å². The van der Waals surface area contributed by atoms with E-state index in [2.05, 4.69) is 0 Å². The number of nitrogens with zero attached hydrogens (tertiary/aromatic N) is 1. The van der Waals surface area contributed by atoms with Crippen molar-refractivity contribution < 1.29 is 9.66 Å². The summed E-state index contributed by atoms with van der Waals surface area (Å²) in [4.78, 5) is 10.6. The van der Waals surface area contributed by atoms with Gasteiger partial charge in [-0.1, -0.05) is 30.3 Å². The van der Waals surface area contributed by atoms with Crippen molar-refractivity contribution in [3.8, 4) is 0 Å². The third-order valence-electron chi connectivity index (χ3n) is 3.41. The summed E-state index contributed by atoms with van der Waals surface area (Å²) in [5.41, 5.74) is 1.08. The molecule has 1 saturated heterocycles. The zero-order valence-corrected chi connectivity index (χ0v) is 9.75. The van der Waals surface area contributed by atoms with Gasteiger partial charge in [-0.25, -0.2) is 0 Å². The molecule has 1 unspecified atom stereocenters. The summed E-state index contributed by atoms with van der Waals surface area (Å²) in [5.74, 6) is 0.395. The van der Waals surface area contributed by atoms with E-state index < -0.39 is 0 Å². The molecule has 1 atom stereocenters. The van der Waals surface area contributed by atoms with Crippen molar-refractivity contribution in [3.63, 3.8) is 0 Å². The van der Waals surface area contributed by atoms with Gasteiger partial charge in [-0.3, -0.25) is 10.1 Å². The van der Waals surface area contributed by atoms with Crippen LogP contribution in [0.4, 0.5) is 0 Å². The van der Waals surface area contributed by atoms with E-state index in [0.717, 1.165) is 31.6 Å². The molecule has 0 radical (unpaired) electrons. The van der Waals surface area contributed by atoms with E-state index in [1.165, 1.54) is 0 Å². The number of nitro groups is 1. The Morgan fingerprint density at radius 3 is 2.53 bits per heavy atom. The van der Waals surface area contributed by atoms with E-state index in [1.54, 1.807) is 0 Å². The minimum absolute atomic E-state index is 0.0225. The highest BCUT2D eigenvalue weighted by Crippen LogP contribution is 2.32. The van der Waals surface area contributed by atoms with Crippen molar-refractivity contribution in [2.45, 2.75) is 18.8 Å². The van der Waals surface area contributed by atoms with Gasteiger partial charge in [-0.05, 0) is 24.3 Å². The lowest BCUT2D eigenvalue weighted by molar-refractivity contribution is -0.485. The second-order valence-corrected chi connectivity index (χ2v) is 4.48. The molecule has 1 aromatic carbocycles. The third-order valence-corrected chi connectivity index (χ3v) is 3.41. The van der Waals surface area contributed by atoms with Gasteiger partial charge in [0.2, 0.25) is 6.54 Å². The molecule has 0 aliphatic carbocycles. The minimum Gasteiger partial charge on any atom is -0.381 e. The Morgan fingerprint density at radius 1 is 1.29 bits per heavy atom. The first kappa shape index (κ1) is 12.0. The molecule has 0 aromatic heterocycles. The van der Waals surface area contributed by atoms with Gasteiger partial charge in [0.1, 0.15) is 0 Å². The SMILES string of the molecule is O=[N+]([O-])CC(c1ccccc1)C1CCOCC1. The Kier molecular flexibility index (Phi) is 4.09. The van der Waals surface area contributed by atoms with Crippen LogP contribution in [0, 0.1) is 16.0 Å². The fourth-order valence-electron chi connectivity index (χ4n) is 2.51. The van der Waals surface area contributed by atoms with Crippen LogP contribution in [-0.2, 0) is 4.74 Å². The van der Waals surface area contributed by atoms with Crippen LogP contribution in [0.2, 0.25) is 0 Å². The highest BCUT2D eigenvalue weighted by atomic mass is 16.6. The van der Waals surface area contributed by atoms with Gasteiger partial charge in [0.25, 0.3) is 0 Å². The summed E-state index contributed by atoms with van der Waals surface area (Å²) >= 11 is 0. The van der Waals surface area contributed by atoms with Gasteiger partial charge in [-0.15, -0.1) is 0 Å². The minimum atomic E-state index is -0.201. The zero-order valence-electron chi connectivity index (χ0n) is 9.75. The molecule has 0 bridgehead atoms. The summed E-state index contributed by atoms with van der Waals surface area (Å²) < 4.78 is 5.32. The van der Waals surface area contributed by atoms with Gasteiger partial charge in [0.15, 0.2) is 0 Å². The van der Waals surface area contributed by atoms with E-state index in [4.69, 9.17) is 4.74 Å². The molecule has 1 fully saturated rings. The summed E-state index contributed by atoms with van der Waals surface area (Å²) in [6.07, 6.45) is 1.85. The fraction of sp³-hybridized carbons (Fsp3) is 0.538. The molecule has 17 heavy (non-hydrogen) atoms. The van der Waals surface area contributed by atoms with Crippen LogP contribution in [0.3, 0.4) is 0 Å². The van der Waals surface area contributed by atoms with Crippen LogP contribution in [0.15, 0.2) is 30.3 Å². The predicted molar refractivity (Wildman–Crippen MR) is 64.6 cm³/mol. The summed E-state index contributed by atoms with van der Waals surface area (Å²) in [7, 11) is 0. The highest BCUT2D eigenvalue weighted by Gasteiger charge is 2.29. The normalized spacial score (nSPS) is 18.8. The first-order valence-electron chi connectivity index (χ1n) is 6.02. The van der Waals surface area contributed by atoms with Crippen molar-refractivity contribution in [3.05, 3.63) is 46.0 Å². The second kappa shape index (κ2) is 5.77. The van der Waals surface area contributed by atoms with E-state index in [1.807, 2.05) is 30.3 Å². The van der Waals surface area contributed by atoms with Crippen molar-refractivity contribution in [2.75, 3.05) is 19.8 Å². The lowest BCUT2D eigenvalue weighted by Crippen LogP contribution is -2.26. The average molecular weight is 235 g/mol. The number of hydrogen-bond acceptors (Lipinski definition) is 3. The Morgan fingerprint density at radius 2 is 1.94 bits per heavy atom. The molecule has 2 rings (SSSR count). The van der Waals surface area contributed by atoms with E-state index in [-0.39, 0.29) is 17.4 Å². The molecule has 0 amide bonds. The topological polar surface area (TPSA) is 52.4 Å². The Balaban J connectivity index is 2.15. The molecule has 1 aliphatic heterocycles. The molecule has 4 heteroatoms. The molecule has 0 N–H and O–H groups in total. The number of rotatable bonds is 4. The van der Waals surface area contributed by atoms with Gasteiger partial charge in [0.05, 0.1) is 5.92 Å². The van der Waals surface area contributed by atoms with Gasteiger partial charge >= 0.3 is 0 Å². The van der Waals surface area contributed by atoms with Gasteiger partial charge in [-0.2, -0.15) is 0 Å². The molecule has 92 valence electrons. The molecule has 1 heterocycles. The molecule has 0 spiro atoms. The molecule has 1 aromatic rings. The first-order chi connectivity index (χ1) is 8.27. The summed E-state index contributed by atoms with van der Waals surface area (Å²) in [6, 6.07) is 9.81. The standard InChI is InChI=1S/C13H17NO3/c15-14(16)10-13(11-4-2-1-3-5-11)12-6-8-17-9-7-12/h1-5,12-13H,6-10H2. The number of benzene rings is 1. The van der Waals surface area contributed by atoms with E-state index in [9.17, 15) is 10.1 Å². The van der Waals surface area contributed by atoms with Crippen LogP contribution < -0.4 is 0 Å². The monoisotopic (exact) mass is 235 g/mol. The van der Waals surface area contributed by atoms with Crippen LogP contribution in [0.25, 0.3) is 0 Å². The molecular formula is C13H17NO3. The smallest absolute Gasteiger partial charge is 0.210 e. The highest BCUT2D eigenvalue weighted by molar-refractivity contribution is 5.20. The van der Waals surface area contributed by atoms with Gasteiger partial charge < -0.3 is 4.74 Å². The van der Waals surface area contributed by atoms with Crippen LogP contribution in [0.1, 0.15) is 24.3 Å². The largest absolute Gasteiger partial charge is 0.381 e. The maximum atomic E-state index is 10.8. The average Bonchev–Trinajstić information content (AvgIpc) is 2.38. The Hall–Kier alpha value is -1.42. The molecular weight excluding hydrogens is 218 g/mol. The Bertz CT molecular complexity index is 360. The molecule has 4 nitrogen and oxygen atoms in total. The van der Waals surface area contributed by atoms with Crippen molar-refractivity contribution in [1.82, 2.24) is 0 Å². The maximum Gasteiger partial charge on any atom is 0.210 e. The lowest BCUT2D eigenvalue weighted by atomic mass is 9.81. The lowest BCUT2D eigenvalue weighted by Gasteiger charge is -2.28. The van der Waals surface area contributed by atoms with Crippen molar-refractivity contribution in [1.29, 1.82) is 0 Å². The summed E-state index contributed by atoms with van der Waals surface area (Å²) in [5, 5.41) is 10.8. The molecule has 1 aliphatic rings. The predicted octanol–water partition coefficient (Wildman–Crippen LogP) is 2.47. The zero-order chi connectivity index (χ0) is 12.1. The maximum absolute atomic E-state index is 10.8. The third kappa shape index (κ3) is 3.27. The van der Waals surface area contributed by atoms with Crippen LogP contribution in [0.5, 0.6) is 0 Å². The van der Waals surface area contributed by atoms with Crippen LogP contribution in [-0.4, -0.2) is 24.7 Å². The first-order valence-corrected chi connectivity index (χ1v) is 6.02. The quantitative estimate of drug-likeness (QED) is 0.595. The molecule has 0 saturated carbocycles. The van der Waals surface area contributed by atoms with Gasteiger partial charge in [0, 0.05) is 18.1 Å². The number of hydrogen-bond donors (Lipinski definition) is 0. The number of ether oxygens (including phenoxy) is 1. The Labute approximate surface area is 101 Å². The fourth-order valence-corrected chi connectivity index (χ4v) is 2.51. The van der Waals surface area contributed by atoms with E-state index >= 15 is 0 Å². The summed E-state index contributed by atoms with van der Waals surface area (Å²) in [6.45, 7) is 1.48. The second-order valence-electron chi connectivity index (χ2n) is 4.48. The van der Waals surface area contributed by atoms with Crippen LogP contribution >= 0.6 is 0 Å². The van der Waals surface area contributed by atoms with Crippen molar-refractivity contribution in [2.24, 2.45) is 5.92 Å².